The van der Waals surface area contributed by atoms with Gasteiger partial charge in [0.1, 0.15) is 6.04 Å². The lowest BCUT2D eigenvalue weighted by atomic mass is 10.1. The first kappa shape index (κ1) is 14.5. The summed E-state index contributed by atoms with van der Waals surface area (Å²) < 4.78 is 6.33. The van der Waals surface area contributed by atoms with Crippen LogP contribution < -0.4 is 11.5 Å². The predicted molar refractivity (Wildman–Crippen MR) is 71.3 cm³/mol. The SMILES string of the molecule is NC(C/C=C/CC1CCCCc2noc(=O)n21)C(=O)O. The third-order valence-electron chi connectivity index (χ3n) is 3.54. The van der Waals surface area contributed by atoms with Gasteiger partial charge in [-0.3, -0.25) is 13.9 Å². The molecule has 1 aromatic rings. The minimum absolute atomic E-state index is 0.0311. The molecule has 2 rings (SSSR count). The van der Waals surface area contributed by atoms with Crippen LogP contribution in [-0.4, -0.2) is 26.8 Å². The summed E-state index contributed by atoms with van der Waals surface area (Å²) in [6, 6.07) is -0.849. The molecule has 0 aliphatic carbocycles. The number of aliphatic carboxylic acids is 1. The highest BCUT2D eigenvalue weighted by Gasteiger charge is 2.21. The van der Waals surface area contributed by atoms with Crippen molar-refractivity contribution >= 4 is 5.97 Å². The highest BCUT2D eigenvalue weighted by atomic mass is 16.5. The highest BCUT2D eigenvalue weighted by molar-refractivity contribution is 5.73. The Hall–Kier alpha value is -1.89. The number of carboxylic acid groups (broad SMARTS) is 1. The van der Waals surface area contributed by atoms with Gasteiger partial charge >= 0.3 is 11.7 Å². The molecule has 2 heterocycles. The lowest BCUT2D eigenvalue weighted by Crippen LogP contribution is -2.29. The van der Waals surface area contributed by atoms with Crippen molar-refractivity contribution in [2.75, 3.05) is 0 Å². The average molecular weight is 281 g/mol. The molecule has 0 radical (unpaired) electrons. The van der Waals surface area contributed by atoms with E-state index in [1.54, 1.807) is 10.6 Å². The van der Waals surface area contributed by atoms with Crippen LogP contribution in [0.15, 0.2) is 21.5 Å². The molecule has 0 spiro atoms. The number of aryl methyl sites for hydroxylation is 1. The summed E-state index contributed by atoms with van der Waals surface area (Å²) in [6.45, 7) is 0. The van der Waals surface area contributed by atoms with Crippen LogP contribution in [0.4, 0.5) is 0 Å². The van der Waals surface area contributed by atoms with Gasteiger partial charge in [0.2, 0.25) is 0 Å². The average Bonchev–Trinajstić information content (AvgIpc) is 2.66. The number of carboxylic acids is 1. The third kappa shape index (κ3) is 3.36. The zero-order valence-corrected chi connectivity index (χ0v) is 11.2. The molecule has 2 atom stereocenters. The number of nitrogens with zero attached hydrogens (tertiary/aromatic N) is 2. The fourth-order valence-electron chi connectivity index (χ4n) is 2.42. The molecular weight excluding hydrogens is 262 g/mol. The number of fused-ring (bicyclic) bond motifs is 1. The van der Waals surface area contributed by atoms with Crippen molar-refractivity contribution in [3.8, 4) is 0 Å². The topological polar surface area (TPSA) is 111 Å². The zero-order chi connectivity index (χ0) is 14.5. The first-order valence-corrected chi connectivity index (χ1v) is 6.80. The summed E-state index contributed by atoms with van der Waals surface area (Å²) in [7, 11) is 0. The number of nitrogens with two attached hydrogens (primary N) is 1. The van der Waals surface area contributed by atoms with Crippen LogP contribution in [0, 0.1) is 0 Å². The molecule has 0 saturated carbocycles. The van der Waals surface area contributed by atoms with Crippen molar-refractivity contribution in [3.63, 3.8) is 0 Å². The van der Waals surface area contributed by atoms with Gasteiger partial charge in [0.25, 0.3) is 0 Å². The third-order valence-corrected chi connectivity index (χ3v) is 3.54. The molecule has 1 aliphatic rings. The lowest BCUT2D eigenvalue weighted by Gasteiger charge is -2.13. The lowest BCUT2D eigenvalue weighted by molar-refractivity contribution is -0.138. The molecule has 7 nitrogen and oxygen atoms in total. The Labute approximate surface area is 116 Å². The number of hydrogen-bond acceptors (Lipinski definition) is 5. The summed E-state index contributed by atoms with van der Waals surface area (Å²) >= 11 is 0. The Kier molecular flexibility index (Phi) is 4.73. The molecule has 0 bridgehead atoms. The van der Waals surface area contributed by atoms with E-state index in [1.165, 1.54) is 0 Å². The summed E-state index contributed by atoms with van der Waals surface area (Å²) in [5.41, 5.74) is 5.41. The van der Waals surface area contributed by atoms with Crippen molar-refractivity contribution < 1.29 is 14.4 Å². The van der Waals surface area contributed by atoms with Gasteiger partial charge < -0.3 is 10.8 Å². The van der Waals surface area contributed by atoms with E-state index in [2.05, 4.69) is 5.16 Å². The Morgan fingerprint density at radius 2 is 2.35 bits per heavy atom. The second-order valence-electron chi connectivity index (χ2n) is 5.02. The Balaban J connectivity index is 1.99. The van der Waals surface area contributed by atoms with Gasteiger partial charge in [0.15, 0.2) is 5.82 Å². The Morgan fingerprint density at radius 1 is 1.55 bits per heavy atom. The largest absolute Gasteiger partial charge is 0.480 e. The maximum Gasteiger partial charge on any atom is 0.441 e. The molecule has 0 amide bonds. The molecule has 7 heteroatoms. The standard InChI is InChI=1S/C13H19N3O4/c14-10(12(17)18)7-3-1-5-9-6-2-4-8-11-15-20-13(19)16(9)11/h1,3,9-10H,2,4-8,14H2,(H,17,18)/b3-1+. The van der Waals surface area contributed by atoms with Crippen molar-refractivity contribution in [1.29, 1.82) is 0 Å². The normalized spacial score (nSPS) is 20.6. The molecule has 0 fully saturated rings. The molecule has 1 aliphatic heterocycles. The summed E-state index contributed by atoms with van der Waals surface area (Å²) in [4.78, 5) is 22.3. The van der Waals surface area contributed by atoms with Crippen LogP contribution in [0.5, 0.6) is 0 Å². The van der Waals surface area contributed by atoms with E-state index in [0.717, 1.165) is 25.7 Å². The smallest absolute Gasteiger partial charge is 0.441 e. The van der Waals surface area contributed by atoms with Gasteiger partial charge in [-0.1, -0.05) is 23.7 Å². The maximum atomic E-state index is 11.7. The molecule has 0 aromatic carbocycles. The molecular formula is C13H19N3O4. The van der Waals surface area contributed by atoms with Crippen molar-refractivity contribution in [2.24, 2.45) is 5.73 Å². The van der Waals surface area contributed by atoms with E-state index in [9.17, 15) is 9.59 Å². The molecule has 20 heavy (non-hydrogen) atoms. The minimum Gasteiger partial charge on any atom is -0.480 e. The van der Waals surface area contributed by atoms with Crippen LogP contribution in [0.25, 0.3) is 0 Å². The van der Waals surface area contributed by atoms with E-state index in [-0.39, 0.29) is 12.5 Å². The second-order valence-corrected chi connectivity index (χ2v) is 5.02. The predicted octanol–water partition coefficient (Wildman–Crippen LogP) is 0.852. The molecule has 0 saturated heterocycles. The molecule has 2 unspecified atom stereocenters. The number of rotatable bonds is 5. The monoisotopic (exact) mass is 281 g/mol. The van der Waals surface area contributed by atoms with Gasteiger partial charge in [-0.05, 0) is 25.7 Å². The highest BCUT2D eigenvalue weighted by Crippen LogP contribution is 2.24. The van der Waals surface area contributed by atoms with Gasteiger partial charge in [-0.2, -0.15) is 0 Å². The van der Waals surface area contributed by atoms with Crippen molar-refractivity contribution in [2.45, 2.75) is 50.6 Å². The number of carbonyl (C=O) groups is 1. The fourth-order valence-corrected chi connectivity index (χ4v) is 2.42. The van der Waals surface area contributed by atoms with Crippen LogP contribution in [0.2, 0.25) is 0 Å². The van der Waals surface area contributed by atoms with E-state index in [4.69, 9.17) is 15.4 Å². The Morgan fingerprint density at radius 3 is 3.10 bits per heavy atom. The number of aromatic nitrogens is 2. The maximum absolute atomic E-state index is 11.7. The summed E-state index contributed by atoms with van der Waals surface area (Å²) in [6.07, 6.45) is 8.25. The van der Waals surface area contributed by atoms with E-state index < -0.39 is 17.8 Å². The van der Waals surface area contributed by atoms with Crippen molar-refractivity contribution in [1.82, 2.24) is 9.72 Å². The molecule has 1 aromatic heterocycles. The first-order valence-electron chi connectivity index (χ1n) is 6.80. The molecule has 110 valence electrons. The zero-order valence-electron chi connectivity index (χ0n) is 11.2. The Bertz CT molecular complexity index is 546. The van der Waals surface area contributed by atoms with Crippen LogP contribution in [0.3, 0.4) is 0 Å². The van der Waals surface area contributed by atoms with E-state index >= 15 is 0 Å². The number of allylic oxidation sites excluding steroid dienone is 1. The summed E-state index contributed by atoms with van der Waals surface area (Å²) in [5.74, 6) is -0.725. The van der Waals surface area contributed by atoms with Gasteiger partial charge in [0.05, 0.1) is 0 Å². The van der Waals surface area contributed by atoms with Crippen LogP contribution >= 0.6 is 0 Å². The minimum atomic E-state index is -1.01. The summed E-state index contributed by atoms with van der Waals surface area (Å²) in [5, 5.41) is 12.5. The van der Waals surface area contributed by atoms with Gasteiger partial charge in [-0.15, -0.1) is 0 Å². The fraction of sp³-hybridized carbons (Fsp3) is 0.615. The molecule has 3 N–H and O–H groups in total. The van der Waals surface area contributed by atoms with Gasteiger partial charge in [0, 0.05) is 12.5 Å². The number of hydrogen-bond donors (Lipinski definition) is 2. The van der Waals surface area contributed by atoms with Gasteiger partial charge in [-0.25, -0.2) is 4.79 Å². The van der Waals surface area contributed by atoms with E-state index in [1.807, 2.05) is 6.08 Å². The van der Waals surface area contributed by atoms with Crippen molar-refractivity contribution in [3.05, 3.63) is 28.5 Å². The van der Waals surface area contributed by atoms with E-state index in [0.29, 0.717) is 12.2 Å². The first-order chi connectivity index (χ1) is 9.59. The van der Waals surface area contributed by atoms with Crippen LogP contribution in [-0.2, 0) is 11.2 Å². The quantitative estimate of drug-likeness (QED) is 0.774. The van der Waals surface area contributed by atoms with Crippen LogP contribution in [0.1, 0.15) is 44.0 Å². The second kappa shape index (κ2) is 6.51.